The molecule has 7 heteroatoms. The largest absolute Gasteiger partial charge is 0.368 e. The second kappa shape index (κ2) is 8.64. The molecule has 1 fully saturated rings. The van der Waals surface area contributed by atoms with Gasteiger partial charge in [0.05, 0.1) is 16.7 Å². The summed E-state index contributed by atoms with van der Waals surface area (Å²) in [6, 6.07) is 22.2. The number of hydrogen-bond acceptors (Lipinski definition) is 4. The molecule has 7 nitrogen and oxygen atoms in total. The molecule has 1 saturated heterocycles. The number of H-pyrrole nitrogens is 1. The Hall–Kier alpha value is -3.97. The number of anilines is 2. The van der Waals surface area contributed by atoms with Gasteiger partial charge in [-0.25, -0.2) is 4.98 Å². The molecule has 4 aromatic rings. The maximum atomic E-state index is 13.0. The lowest BCUT2D eigenvalue weighted by atomic mass is 10.1. The average molecular weight is 426 g/mol. The van der Waals surface area contributed by atoms with Crippen LogP contribution in [0.2, 0.25) is 0 Å². The Morgan fingerprint density at radius 2 is 1.81 bits per heavy atom. The zero-order valence-electron chi connectivity index (χ0n) is 17.3. The fraction of sp³-hybridized carbons (Fsp3) is 0.160. The molecule has 0 spiro atoms. The number of nitrogens with one attached hydrogen (secondary N) is 3. The molecule has 1 aliphatic rings. The van der Waals surface area contributed by atoms with E-state index < -0.39 is 6.10 Å². The van der Waals surface area contributed by atoms with Gasteiger partial charge in [-0.2, -0.15) is 0 Å². The number of nitrogens with zero attached hydrogens (tertiary/aromatic N) is 1. The highest BCUT2D eigenvalue weighted by Crippen LogP contribution is 2.28. The zero-order chi connectivity index (χ0) is 21.9. The Balaban J connectivity index is 1.36. The number of fused-ring (bicyclic) bond motifs is 1. The van der Waals surface area contributed by atoms with Crippen LogP contribution in [0, 0.1) is 0 Å². The number of benzene rings is 3. The molecule has 160 valence electrons. The van der Waals surface area contributed by atoms with Crippen LogP contribution in [0.4, 0.5) is 11.4 Å². The van der Waals surface area contributed by atoms with Crippen LogP contribution in [0.1, 0.15) is 23.2 Å². The summed E-state index contributed by atoms with van der Waals surface area (Å²) < 4.78 is 5.42. The molecule has 1 atom stereocenters. The molecular formula is C25H22N4O3. The molecule has 1 aromatic heterocycles. The Kier molecular flexibility index (Phi) is 5.39. The predicted octanol–water partition coefficient (Wildman–Crippen LogP) is 4.60. The summed E-state index contributed by atoms with van der Waals surface area (Å²) in [7, 11) is 0. The van der Waals surface area contributed by atoms with Gasteiger partial charge < -0.3 is 20.4 Å². The van der Waals surface area contributed by atoms with Gasteiger partial charge >= 0.3 is 0 Å². The van der Waals surface area contributed by atoms with E-state index in [0.29, 0.717) is 35.8 Å². The second-order valence-electron chi connectivity index (χ2n) is 7.67. The van der Waals surface area contributed by atoms with Crippen molar-refractivity contribution in [2.24, 2.45) is 0 Å². The predicted molar refractivity (Wildman–Crippen MR) is 124 cm³/mol. The first kappa shape index (κ1) is 20.0. The van der Waals surface area contributed by atoms with Crippen LogP contribution in [-0.4, -0.2) is 34.5 Å². The van der Waals surface area contributed by atoms with E-state index in [1.54, 1.807) is 24.3 Å². The van der Waals surface area contributed by atoms with Gasteiger partial charge in [-0.05, 0) is 55.3 Å². The number of aromatic amines is 1. The molecule has 0 radical (unpaired) electrons. The molecule has 2 amide bonds. The highest BCUT2D eigenvalue weighted by molar-refractivity contribution is 6.07. The summed E-state index contributed by atoms with van der Waals surface area (Å²) >= 11 is 0. The van der Waals surface area contributed by atoms with Crippen LogP contribution in [0.3, 0.4) is 0 Å². The lowest BCUT2D eigenvalue weighted by molar-refractivity contribution is -0.124. The normalized spacial score (nSPS) is 15.6. The molecule has 3 aromatic carbocycles. The standard InChI is InChI=1S/C25H22N4O3/c30-24(16-7-5-8-17(15-16)26-25(31)22-13-6-14-32-22)29-19-10-2-1-9-18(19)23-27-20-11-3-4-12-21(20)28-23/h1-5,7-12,15,22H,6,13-14H2,(H,26,31)(H,27,28)(H,29,30)/t22-/m0/s1. The van der Waals surface area contributed by atoms with Crippen molar-refractivity contribution in [1.29, 1.82) is 0 Å². The number of hydrogen-bond donors (Lipinski definition) is 3. The summed E-state index contributed by atoms with van der Waals surface area (Å²) in [4.78, 5) is 33.2. The molecule has 0 aliphatic carbocycles. The summed E-state index contributed by atoms with van der Waals surface area (Å²) in [6.45, 7) is 0.602. The third-order valence-corrected chi connectivity index (χ3v) is 5.43. The summed E-state index contributed by atoms with van der Waals surface area (Å²) in [5.74, 6) is 0.219. The van der Waals surface area contributed by atoms with E-state index in [0.717, 1.165) is 23.0 Å². The summed E-state index contributed by atoms with van der Waals surface area (Å²) in [5, 5.41) is 5.81. The van der Waals surface area contributed by atoms with Crippen molar-refractivity contribution in [1.82, 2.24) is 9.97 Å². The number of ether oxygens (including phenoxy) is 1. The van der Waals surface area contributed by atoms with E-state index in [4.69, 9.17) is 4.74 Å². The number of imidazole rings is 1. The lowest BCUT2D eigenvalue weighted by Crippen LogP contribution is -2.27. The minimum atomic E-state index is -0.428. The summed E-state index contributed by atoms with van der Waals surface area (Å²) in [6.07, 6.45) is 1.17. The van der Waals surface area contributed by atoms with E-state index >= 15 is 0 Å². The van der Waals surface area contributed by atoms with Crippen molar-refractivity contribution >= 4 is 34.2 Å². The maximum absolute atomic E-state index is 13.0. The van der Waals surface area contributed by atoms with E-state index in [-0.39, 0.29) is 11.8 Å². The van der Waals surface area contributed by atoms with E-state index in [1.165, 1.54) is 0 Å². The van der Waals surface area contributed by atoms with Gasteiger partial charge in [-0.1, -0.05) is 30.3 Å². The molecular weight excluding hydrogens is 404 g/mol. The molecule has 1 aliphatic heterocycles. The number of carbonyl (C=O) groups is 2. The first-order valence-corrected chi connectivity index (χ1v) is 10.6. The van der Waals surface area contributed by atoms with Crippen molar-refractivity contribution in [3.05, 3.63) is 78.4 Å². The SMILES string of the molecule is O=C(Nc1ccccc1-c1nc2ccccc2[nH]1)c1cccc(NC(=O)[C@@H]2CCCO2)c1. The van der Waals surface area contributed by atoms with Crippen molar-refractivity contribution in [3.8, 4) is 11.4 Å². The zero-order valence-corrected chi connectivity index (χ0v) is 17.3. The van der Waals surface area contributed by atoms with Crippen LogP contribution in [0.15, 0.2) is 72.8 Å². The number of para-hydroxylation sites is 3. The molecule has 0 unspecified atom stereocenters. The highest BCUT2D eigenvalue weighted by Gasteiger charge is 2.23. The second-order valence-corrected chi connectivity index (χ2v) is 7.67. The molecule has 0 saturated carbocycles. The lowest BCUT2D eigenvalue weighted by Gasteiger charge is -2.12. The highest BCUT2D eigenvalue weighted by atomic mass is 16.5. The third-order valence-electron chi connectivity index (χ3n) is 5.43. The van der Waals surface area contributed by atoms with E-state index in [1.807, 2.05) is 48.5 Å². The van der Waals surface area contributed by atoms with Crippen molar-refractivity contribution in [3.63, 3.8) is 0 Å². The molecule has 5 rings (SSSR count). The smallest absolute Gasteiger partial charge is 0.255 e. The van der Waals surface area contributed by atoms with Crippen LogP contribution in [0.5, 0.6) is 0 Å². The van der Waals surface area contributed by atoms with Crippen LogP contribution < -0.4 is 10.6 Å². The van der Waals surface area contributed by atoms with E-state index in [9.17, 15) is 9.59 Å². The fourth-order valence-electron chi connectivity index (χ4n) is 3.82. The minimum Gasteiger partial charge on any atom is -0.368 e. The van der Waals surface area contributed by atoms with Gasteiger partial charge in [-0.3, -0.25) is 9.59 Å². The minimum absolute atomic E-state index is 0.185. The Morgan fingerprint density at radius 1 is 0.969 bits per heavy atom. The molecule has 3 N–H and O–H groups in total. The molecule has 32 heavy (non-hydrogen) atoms. The number of aromatic nitrogens is 2. The Labute approximate surface area is 184 Å². The van der Waals surface area contributed by atoms with Gasteiger partial charge in [0.25, 0.3) is 11.8 Å². The monoisotopic (exact) mass is 426 g/mol. The van der Waals surface area contributed by atoms with Crippen LogP contribution >= 0.6 is 0 Å². The topological polar surface area (TPSA) is 96.1 Å². The van der Waals surface area contributed by atoms with Crippen molar-refractivity contribution in [2.45, 2.75) is 18.9 Å². The van der Waals surface area contributed by atoms with Gasteiger partial charge in [0, 0.05) is 23.4 Å². The van der Waals surface area contributed by atoms with Crippen LogP contribution in [-0.2, 0) is 9.53 Å². The van der Waals surface area contributed by atoms with Crippen molar-refractivity contribution < 1.29 is 14.3 Å². The average Bonchev–Trinajstić information content (AvgIpc) is 3.50. The molecule has 2 heterocycles. The third kappa shape index (κ3) is 4.10. The van der Waals surface area contributed by atoms with Gasteiger partial charge in [-0.15, -0.1) is 0 Å². The number of amides is 2. The summed E-state index contributed by atoms with van der Waals surface area (Å²) in [5.41, 5.74) is 4.22. The van der Waals surface area contributed by atoms with Gasteiger partial charge in [0.15, 0.2) is 0 Å². The first-order valence-electron chi connectivity index (χ1n) is 10.6. The maximum Gasteiger partial charge on any atom is 0.255 e. The first-order chi connectivity index (χ1) is 15.7. The number of carbonyl (C=O) groups excluding carboxylic acids is 2. The van der Waals surface area contributed by atoms with Crippen molar-refractivity contribution in [2.75, 3.05) is 17.2 Å². The Morgan fingerprint density at radius 3 is 2.66 bits per heavy atom. The molecule has 0 bridgehead atoms. The van der Waals surface area contributed by atoms with Gasteiger partial charge in [0.2, 0.25) is 0 Å². The van der Waals surface area contributed by atoms with Gasteiger partial charge in [0.1, 0.15) is 11.9 Å². The van der Waals surface area contributed by atoms with E-state index in [2.05, 4.69) is 20.6 Å². The Bertz CT molecular complexity index is 1260. The quantitative estimate of drug-likeness (QED) is 0.435. The number of rotatable bonds is 5. The van der Waals surface area contributed by atoms with Crippen LogP contribution in [0.25, 0.3) is 22.4 Å². The fourth-order valence-corrected chi connectivity index (χ4v) is 3.82.